The van der Waals surface area contributed by atoms with Gasteiger partial charge >= 0.3 is 0 Å². The minimum Gasteiger partial charge on any atom is -0.354 e. The van der Waals surface area contributed by atoms with Crippen molar-refractivity contribution in [2.75, 3.05) is 17.4 Å². The summed E-state index contributed by atoms with van der Waals surface area (Å²) >= 11 is 0. The molecule has 36 heavy (non-hydrogen) atoms. The van der Waals surface area contributed by atoms with E-state index in [-0.39, 0.29) is 42.6 Å². The number of benzene rings is 3. The number of nitrogens with zero attached hydrogens (tertiary/aromatic N) is 2. The van der Waals surface area contributed by atoms with Crippen molar-refractivity contribution in [1.29, 1.82) is 0 Å². The zero-order chi connectivity index (χ0) is 25.9. The number of anilines is 1. The van der Waals surface area contributed by atoms with Crippen LogP contribution in [-0.2, 0) is 26.2 Å². The lowest BCUT2D eigenvalue weighted by Gasteiger charge is -2.29. The molecule has 3 aromatic rings. The van der Waals surface area contributed by atoms with Crippen molar-refractivity contribution >= 4 is 38.3 Å². The first-order valence-electron chi connectivity index (χ1n) is 12.1. The molecule has 0 saturated heterocycles. The van der Waals surface area contributed by atoms with Gasteiger partial charge in [-0.05, 0) is 43.4 Å². The van der Waals surface area contributed by atoms with E-state index >= 15 is 0 Å². The highest BCUT2D eigenvalue weighted by molar-refractivity contribution is 7.93. The molecule has 7 nitrogen and oxygen atoms in total. The summed E-state index contributed by atoms with van der Waals surface area (Å²) in [5, 5.41) is 4.32. The van der Waals surface area contributed by atoms with Gasteiger partial charge in [-0.2, -0.15) is 0 Å². The Labute approximate surface area is 210 Å². The van der Waals surface area contributed by atoms with Crippen molar-refractivity contribution in [2.24, 2.45) is 0 Å². The Morgan fingerprint density at radius 1 is 1.06 bits per heavy atom. The molecule has 0 spiro atoms. The molecule has 0 bridgehead atoms. The predicted molar refractivity (Wildman–Crippen MR) is 137 cm³/mol. The molecule has 1 heterocycles. The van der Waals surface area contributed by atoms with Gasteiger partial charge in [-0.25, -0.2) is 12.8 Å². The van der Waals surface area contributed by atoms with Gasteiger partial charge in [0.2, 0.25) is 11.8 Å². The zero-order valence-corrected chi connectivity index (χ0v) is 21.2. The van der Waals surface area contributed by atoms with E-state index in [9.17, 15) is 22.4 Å². The van der Waals surface area contributed by atoms with E-state index in [4.69, 9.17) is 0 Å². The lowest BCUT2D eigenvalue weighted by atomic mass is 10.1. The Morgan fingerprint density at radius 2 is 1.78 bits per heavy atom. The van der Waals surface area contributed by atoms with Crippen LogP contribution in [0.3, 0.4) is 0 Å². The summed E-state index contributed by atoms with van der Waals surface area (Å²) in [7, 11) is -3.72. The summed E-state index contributed by atoms with van der Waals surface area (Å²) < 4.78 is 42.1. The molecule has 4 rings (SSSR count). The summed E-state index contributed by atoms with van der Waals surface area (Å²) in [6.07, 6.45) is 1.01. The number of carbonyl (C=O) groups is 2. The molecule has 3 aromatic carbocycles. The summed E-state index contributed by atoms with van der Waals surface area (Å²) in [4.78, 5) is 27.5. The van der Waals surface area contributed by atoms with E-state index in [1.807, 2.05) is 25.1 Å². The Kier molecular flexibility index (Phi) is 7.59. The molecule has 0 aliphatic carbocycles. The number of carbonyl (C=O) groups excluding carboxylic acids is 2. The Morgan fingerprint density at radius 3 is 2.50 bits per heavy atom. The van der Waals surface area contributed by atoms with Gasteiger partial charge in [0.15, 0.2) is 0 Å². The minimum atomic E-state index is -3.72. The van der Waals surface area contributed by atoms with E-state index in [0.29, 0.717) is 23.2 Å². The summed E-state index contributed by atoms with van der Waals surface area (Å²) in [6, 6.07) is 16.0. The predicted octanol–water partition coefficient (Wildman–Crippen LogP) is 4.21. The maximum Gasteiger partial charge on any atom is 0.265 e. The number of hydrogen-bond donors (Lipinski definition) is 1. The standard InChI is InChI=1S/C27H30FN3O4S/c1-3-16-29-27(33)19(2)30(18-21-9-4-5-12-22(21)28)25(32)15-8-17-31-23-13-6-10-20-11-7-14-24(26(20)23)36(31,34)35/h4-7,9-14,19H,3,8,15-18H2,1-2H3,(H,29,33)/t19-/m0/s1. The first-order chi connectivity index (χ1) is 17.3. The second-order valence-corrected chi connectivity index (χ2v) is 10.7. The highest BCUT2D eigenvalue weighted by Crippen LogP contribution is 2.42. The van der Waals surface area contributed by atoms with E-state index in [1.165, 1.54) is 15.3 Å². The molecule has 0 fully saturated rings. The van der Waals surface area contributed by atoms with Crippen LogP contribution in [0.15, 0.2) is 65.6 Å². The molecule has 2 amide bonds. The molecular weight excluding hydrogens is 481 g/mol. The Bertz CT molecular complexity index is 1390. The van der Waals surface area contributed by atoms with Crippen LogP contribution in [-0.4, -0.2) is 44.3 Å². The van der Waals surface area contributed by atoms with Gasteiger partial charge in [0.05, 0.1) is 10.6 Å². The van der Waals surface area contributed by atoms with Crippen molar-refractivity contribution in [3.8, 4) is 0 Å². The molecule has 190 valence electrons. The van der Waals surface area contributed by atoms with Crippen molar-refractivity contribution in [2.45, 2.75) is 50.6 Å². The van der Waals surface area contributed by atoms with Crippen LogP contribution < -0.4 is 9.62 Å². The number of hydrogen-bond acceptors (Lipinski definition) is 4. The van der Waals surface area contributed by atoms with E-state index in [2.05, 4.69) is 5.32 Å². The van der Waals surface area contributed by atoms with Gasteiger partial charge in [0.25, 0.3) is 10.0 Å². The molecule has 1 aliphatic heterocycles. The molecular formula is C27H30FN3O4S. The molecule has 0 saturated carbocycles. The van der Waals surface area contributed by atoms with Crippen molar-refractivity contribution in [3.63, 3.8) is 0 Å². The van der Waals surface area contributed by atoms with E-state index in [1.54, 1.807) is 43.3 Å². The first kappa shape index (κ1) is 25.6. The van der Waals surface area contributed by atoms with Crippen molar-refractivity contribution < 1.29 is 22.4 Å². The quantitative estimate of drug-likeness (QED) is 0.442. The third kappa shape index (κ3) is 4.93. The summed E-state index contributed by atoms with van der Waals surface area (Å²) in [5.41, 5.74) is 0.913. The topological polar surface area (TPSA) is 86.8 Å². The number of sulfonamides is 1. The lowest BCUT2D eigenvalue weighted by Crippen LogP contribution is -2.48. The highest BCUT2D eigenvalue weighted by atomic mass is 32.2. The van der Waals surface area contributed by atoms with Crippen LogP contribution in [0.2, 0.25) is 0 Å². The maximum absolute atomic E-state index is 14.3. The molecule has 9 heteroatoms. The SMILES string of the molecule is CCCNC(=O)[C@H](C)N(Cc1ccccc1F)C(=O)CCCN1c2cccc3cccc(c23)S1(=O)=O. The van der Waals surface area contributed by atoms with Crippen LogP contribution in [0.1, 0.15) is 38.7 Å². The zero-order valence-electron chi connectivity index (χ0n) is 20.4. The second kappa shape index (κ2) is 10.7. The molecule has 1 aliphatic rings. The maximum atomic E-state index is 14.3. The Balaban J connectivity index is 1.50. The van der Waals surface area contributed by atoms with Gasteiger partial charge in [-0.15, -0.1) is 0 Å². The van der Waals surface area contributed by atoms with Crippen LogP contribution in [0.4, 0.5) is 10.1 Å². The van der Waals surface area contributed by atoms with Crippen LogP contribution in [0.5, 0.6) is 0 Å². The van der Waals surface area contributed by atoms with Crippen molar-refractivity contribution in [3.05, 3.63) is 72.0 Å². The monoisotopic (exact) mass is 511 g/mol. The van der Waals surface area contributed by atoms with Crippen molar-refractivity contribution in [1.82, 2.24) is 10.2 Å². The average Bonchev–Trinajstić information content (AvgIpc) is 3.09. The smallest absolute Gasteiger partial charge is 0.265 e. The summed E-state index contributed by atoms with van der Waals surface area (Å²) in [6.45, 7) is 4.08. The Hall–Kier alpha value is -3.46. The van der Waals surface area contributed by atoms with Gasteiger partial charge in [0.1, 0.15) is 11.9 Å². The molecule has 1 N–H and O–H groups in total. The molecule has 0 unspecified atom stereocenters. The van der Waals surface area contributed by atoms with Gasteiger partial charge in [0, 0.05) is 37.0 Å². The van der Waals surface area contributed by atoms with Gasteiger partial charge in [-0.1, -0.05) is 49.4 Å². The lowest BCUT2D eigenvalue weighted by molar-refractivity contribution is -0.140. The normalized spacial score (nSPS) is 14.6. The minimum absolute atomic E-state index is 0.0121. The first-order valence-corrected chi connectivity index (χ1v) is 13.5. The van der Waals surface area contributed by atoms with E-state index in [0.717, 1.165) is 11.8 Å². The fraction of sp³-hybridized carbons (Fsp3) is 0.333. The third-order valence-electron chi connectivity index (χ3n) is 6.45. The fourth-order valence-electron chi connectivity index (χ4n) is 4.51. The fourth-order valence-corrected chi connectivity index (χ4v) is 6.25. The third-order valence-corrected chi connectivity index (χ3v) is 8.30. The largest absolute Gasteiger partial charge is 0.354 e. The van der Waals surface area contributed by atoms with Crippen LogP contribution >= 0.6 is 0 Å². The van der Waals surface area contributed by atoms with E-state index < -0.39 is 21.9 Å². The molecule has 0 radical (unpaired) electrons. The van der Waals surface area contributed by atoms with Crippen LogP contribution in [0.25, 0.3) is 10.8 Å². The molecule has 1 atom stereocenters. The van der Waals surface area contributed by atoms with Crippen LogP contribution in [0, 0.1) is 5.82 Å². The summed E-state index contributed by atoms with van der Waals surface area (Å²) in [5.74, 6) is -1.11. The number of amides is 2. The molecule has 0 aromatic heterocycles. The highest BCUT2D eigenvalue weighted by Gasteiger charge is 2.35. The second-order valence-electron chi connectivity index (χ2n) is 8.89. The average molecular weight is 512 g/mol. The number of rotatable bonds is 10. The number of halogens is 1. The van der Waals surface area contributed by atoms with Gasteiger partial charge < -0.3 is 10.2 Å². The number of nitrogens with one attached hydrogen (secondary N) is 1. The van der Waals surface area contributed by atoms with Gasteiger partial charge in [-0.3, -0.25) is 13.9 Å².